The van der Waals surface area contributed by atoms with Gasteiger partial charge in [0.25, 0.3) is 0 Å². The molecule has 0 atom stereocenters. The highest BCUT2D eigenvalue weighted by atomic mass is 15.3. The molecule has 0 aromatic rings. The molecule has 0 aromatic carbocycles. The van der Waals surface area contributed by atoms with Crippen molar-refractivity contribution in [3.05, 3.63) is 34.9 Å². The largest absolute Gasteiger partial charge is 0.328 e. The molecule has 108 valence electrons. The van der Waals surface area contributed by atoms with E-state index in [0.717, 1.165) is 11.0 Å². The SMILES string of the molecule is CC1=C(/C=C/C(C)=C/C[N+](C)(C)C)C(C)(C)CCC1. The fraction of sp³-hybridized carbons (Fsp3) is 0.667. The average molecular weight is 262 g/mol. The van der Waals surface area contributed by atoms with Crippen LogP contribution in [0.1, 0.15) is 47.0 Å². The Morgan fingerprint density at radius 1 is 1.26 bits per heavy atom. The first-order valence-corrected chi connectivity index (χ1v) is 7.47. The van der Waals surface area contributed by atoms with Crippen LogP contribution < -0.4 is 0 Å². The van der Waals surface area contributed by atoms with Crippen molar-refractivity contribution in [2.75, 3.05) is 27.7 Å². The Hall–Kier alpha value is -0.820. The summed E-state index contributed by atoms with van der Waals surface area (Å²) in [5.41, 5.74) is 4.84. The fourth-order valence-electron chi connectivity index (χ4n) is 2.71. The van der Waals surface area contributed by atoms with E-state index in [-0.39, 0.29) is 0 Å². The van der Waals surface area contributed by atoms with Crippen LogP contribution in [0.4, 0.5) is 0 Å². The van der Waals surface area contributed by atoms with Crippen LogP contribution in [-0.2, 0) is 0 Å². The standard InChI is InChI=1S/C18H32N/c1-15(12-14-19(5,6)7)10-11-17-16(2)9-8-13-18(17,3)4/h10-12H,8-9,13-14H2,1-7H3/q+1/b11-10+,15-12+. The Labute approximate surface area is 120 Å². The van der Waals surface area contributed by atoms with E-state index in [2.05, 4.69) is 67.1 Å². The lowest BCUT2D eigenvalue weighted by molar-refractivity contribution is -0.864. The van der Waals surface area contributed by atoms with Gasteiger partial charge in [-0.15, -0.1) is 0 Å². The summed E-state index contributed by atoms with van der Waals surface area (Å²) in [6.45, 7) is 10.3. The van der Waals surface area contributed by atoms with Crippen LogP contribution in [-0.4, -0.2) is 32.2 Å². The maximum Gasteiger partial charge on any atom is 0.0973 e. The number of quaternary nitrogens is 1. The Morgan fingerprint density at radius 2 is 1.89 bits per heavy atom. The van der Waals surface area contributed by atoms with Crippen molar-refractivity contribution in [2.24, 2.45) is 5.41 Å². The molecule has 1 rings (SSSR count). The minimum Gasteiger partial charge on any atom is -0.328 e. The van der Waals surface area contributed by atoms with E-state index in [0.29, 0.717) is 5.41 Å². The zero-order valence-electron chi connectivity index (χ0n) is 14.0. The second-order valence-electron chi connectivity index (χ2n) is 7.69. The molecule has 1 aliphatic carbocycles. The summed E-state index contributed by atoms with van der Waals surface area (Å²) in [4.78, 5) is 0. The molecule has 0 heterocycles. The Morgan fingerprint density at radius 3 is 2.42 bits per heavy atom. The Bertz CT molecular complexity index is 400. The van der Waals surface area contributed by atoms with Gasteiger partial charge in [0.2, 0.25) is 0 Å². The molecule has 0 amide bonds. The van der Waals surface area contributed by atoms with E-state index >= 15 is 0 Å². The fourth-order valence-corrected chi connectivity index (χ4v) is 2.71. The third-order valence-corrected chi connectivity index (χ3v) is 4.02. The van der Waals surface area contributed by atoms with E-state index in [4.69, 9.17) is 0 Å². The molecule has 0 bridgehead atoms. The molecule has 1 nitrogen and oxygen atoms in total. The molecule has 0 fully saturated rings. The average Bonchev–Trinajstić information content (AvgIpc) is 2.23. The first kappa shape index (κ1) is 16.2. The van der Waals surface area contributed by atoms with Crippen molar-refractivity contribution in [1.29, 1.82) is 0 Å². The molecule has 0 aliphatic heterocycles. The molecule has 0 N–H and O–H groups in total. The number of allylic oxidation sites excluding steroid dienone is 5. The number of nitrogens with zero attached hydrogens (tertiary/aromatic N) is 1. The molecular formula is C18H32N+. The third-order valence-electron chi connectivity index (χ3n) is 4.02. The van der Waals surface area contributed by atoms with Crippen LogP contribution in [0.5, 0.6) is 0 Å². The van der Waals surface area contributed by atoms with Gasteiger partial charge in [-0.05, 0) is 55.7 Å². The van der Waals surface area contributed by atoms with Gasteiger partial charge in [-0.25, -0.2) is 0 Å². The number of rotatable bonds is 4. The monoisotopic (exact) mass is 262 g/mol. The van der Waals surface area contributed by atoms with Crippen LogP contribution in [0.25, 0.3) is 0 Å². The zero-order chi connectivity index (χ0) is 14.7. The summed E-state index contributed by atoms with van der Waals surface area (Å²) in [7, 11) is 6.68. The molecule has 19 heavy (non-hydrogen) atoms. The van der Waals surface area contributed by atoms with Crippen molar-refractivity contribution < 1.29 is 4.48 Å². The van der Waals surface area contributed by atoms with Gasteiger partial charge in [0.05, 0.1) is 27.7 Å². The molecule has 1 aliphatic rings. The summed E-state index contributed by atoms with van der Waals surface area (Å²) in [5, 5.41) is 0. The summed E-state index contributed by atoms with van der Waals surface area (Å²) in [5.74, 6) is 0. The van der Waals surface area contributed by atoms with E-state index in [1.54, 1.807) is 11.1 Å². The second-order valence-corrected chi connectivity index (χ2v) is 7.69. The van der Waals surface area contributed by atoms with Crippen LogP contribution in [0.3, 0.4) is 0 Å². The van der Waals surface area contributed by atoms with Crippen molar-refractivity contribution in [3.8, 4) is 0 Å². The van der Waals surface area contributed by atoms with Crippen LogP contribution >= 0.6 is 0 Å². The minimum atomic E-state index is 0.346. The highest BCUT2D eigenvalue weighted by molar-refractivity contribution is 5.35. The quantitative estimate of drug-likeness (QED) is 0.508. The molecule has 0 unspecified atom stereocenters. The maximum atomic E-state index is 2.38. The van der Waals surface area contributed by atoms with Crippen LogP contribution in [0.15, 0.2) is 34.9 Å². The predicted molar refractivity (Wildman–Crippen MR) is 86.1 cm³/mol. The van der Waals surface area contributed by atoms with Gasteiger partial charge in [0.15, 0.2) is 0 Å². The smallest absolute Gasteiger partial charge is 0.0973 e. The molecule has 0 saturated carbocycles. The Kier molecular flexibility index (Phi) is 5.20. The molecule has 0 saturated heterocycles. The van der Waals surface area contributed by atoms with E-state index < -0.39 is 0 Å². The lowest BCUT2D eigenvalue weighted by atomic mass is 9.72. The summed E-state index contributed by atoms with van der Waals surface area (Å²) in [6.07, 6.45) is 10.9. The van der Waals surface area contributed by atoms with E-state index in [9.17, 15) is 0 Å². The van der Waals surface area contributed by atoms with Crippen molar-refractivity contribution >= 4 is 0 Å². The van der Waals surface area contributed by atoms with Gasteiger partial charge in [-0.2, -0.15) is 0 Å². The van der Waals surface area contributed by atoms with Gasteiger partial charge in [0, 0.05) is 0 Å². The van der Waals surface area contributed by atoms with Crippen LogP contribution in [0, 0.1) is 5.41 Å². The second kappa shape index (κ2) is 6.09. The lowest BCUT2D eigenvalue weighted by Gasteiger charge is -2.33. The number of hydrogen-bond donors (Lipinski definition) is 0. The van der Waals surface area contributed by atoms with Gasteiger partial charge in [0.1, 0.15) is 0 Å². The van der Waals surface area contributed by atoms with Crippen molar-refractivity contribution in [1.82, 2.24) is 0 Å². The highest BCUT2D eigenvalue weighted by Gasteiger charge is 2.26. The molecule has 0 radical (unpaired) electrons. The lowest BCUT2D eigenvalue weighted by Crippen LogP contribution is -2.34. The summed E-state index contributed by atoms with van der Waals surface area (Å²) >= 11 is 0. The van der Waals surface area contributed by atoms with Crippen molar-refractivity contribution in [3.63, 3.8) is 0 Å². The van der Waals surface area contributed by atoms with Gasteiger partial charge < -0.3 is 4.48 Å². The first-order chi connectivity index (χ1) is 8.62. The zero-order valence-corrected chi connectivity index (χ0v) is 14.0. The maximum absolute atomic E-state index is 2.38. The number of likely N-dealkylation sites (N-methyl/N-ethyl adjacent to an activating group) is 1. The van der Waals surface area contributed by atoms with E-state index in [1.807, 2.05) is 0 Å². The molecule has 0 spiro atoms. The normalized spacial score (nSPS) is 21.3. The van der Waals surface area contributed by atoms with Gasteiger partial charge >= 0.3 is 0 Å². The number of hydrogen-bond acceptors (Lipinski definition) is 0. The minimum absolute atomic E-state index is 0.346. The summed E-state index contributed by atoms with van der Waals surface area (Å²) in [6, 6.07) is 0. The van der Waals surface area contributed by atoms with E-state index in [1.165, 1.54) is 24.8 Å². The third kappa shape index (κ3) is 5.36. The molecular weight excluding hydrogens is 230 g/mol. The van der Waals surface area contributed by atoms with Gasteiger partial charge in [-0.3, -0.25) is 0 Å². The highest BCUT2D eigenvalue weighted by Crippen LogP contribution is 2.40. The topological polar surface area (TPSA) is 0 Å². The molecule has 1 heteroatoms. The molecule has 0 aromatic heterocycles. The van der Waals surface area contributed by atoms with Crippen molar-refractivity contribution in [2.45, 2.75) is 47.0 Å². The first-order valence-electron chi connectivity index (χ1n) is 7.47. The Balaban J connectivity index is 2.80. The van der Waals surface area contributed by atoms with Crippen LogP contribution in [0.2, 0.25) is 0 Å². The predicted octanol–water partition coefficient (Wildman–Crippen LogP) is 4.72. The summed E-state index contributed by atoms with van der Waals surface area (Å²) < 4.78 is 0.985. The van der Waals surface area contributed by atoms with Gasteiger partial charge in [-0.1, -0.05) is 31.6 Å².